The molecule has 0 atom stereocenters. The molecule has 0 aromatic heterocycles. The SMILES string of the molecule is O=C(CNc1ccc(I)cc1)N/N=C\c1cc(I)c(OCc2ccccc2Cl)c(I)c1. The molecule has 3 aromatic carbocycles. The summed E-state index contributed by atoms with van der Waals surface area (Å²) in [7, 11) is 0. The Morgan fingerprint density at radius 3 is 2.39 bits per heavy atom. The summed E-state index contributed by atoms with van der Waals surface area (Å²) in [5.74, 6) is 0.572. The van der Waals surface area contributed by atoms with Gasteiger partial charge in [-0.15, -0.1) is 0 Å². The lowest BCUT2D eigenvalue weighted by Crippen LogP contribution is -2.25. The summed E-state index contributed by atoms with van der Waals surface area (Å²) in [5.41, 5.74) is 5.22. The fourth-order valence-corrected chi connectivity index (χ4v) is 5.20. The van der Waals surface area contributed by atoms with Crippen molar-refractivity contribution in [1.82, 2.24) is 5.43 Å². The molecule has 2 N–H and O–H groups in total. The number of halogens is 4. The Morgan fingerprint density at radius 1 is 1.03 bits per heavy atom. The maximum absolute atomic E-state index is 12.0. The fraction of sp³-hybridized carbons (Fsp3) is 0.0909. The maximum Gasteiger partial charge on any atom is 0.259 e. The highest BCUT2D eigenvalue weighted by molar-refractivity contribution is 14.1. The molecule has 9 heteroatoms. The summed E-state index contributed by atoms with van der Waals surface area (Å²) in [6.45, 7) is 0.532. The highest BCUT2D eigenvalue weighted by Crippen LogP contribution is 2.30. The molecule has 0 spiro atoms. The lowest BCUT2D eigenvalue weighted by Gasteiger charge is -2.12. The predicted molar refractivity (Wildman–Crippen MR) is 151 cm³/mol. The van der Waals surface area contributed by atoms with E-state index in [1.165, 1.54) is 0 Å². The van der Waals surface area contributed by atoms with E-state index < -0.39 is 0 Å². The number of nitrogens with one attached hydrogen (secondary N) is 2. The molecule has 0 saturated heterocycles. The number of carbonyl (C=O) groups excluding carboxylic acids is 1. The summed E-state index contributed by atoms with van der Waals surface area (Å²) in [4.78, 5) is 12.0. The molecule has 160 valence electrons. The number of hydrogen-bond acceptors (Lipinski definition) is 4. The van der Waals surface area contributed by atoms with Crippen molar-refractivity contribution in [1.29, 1.82) is 0 Å². The van der Waals surface area contributed by atoms with Crippen molar-refractivity contribution in [3.05, 3.63) is 87.5 Å². The fourth-order valence-electron chi connectivity index (χ4n) is 2.53. The Hall–Kier alpha value is -1.12. The van der Waals surface area contributed by atoms with Crippen molar-refractivity contribution in [3.8, 4) is 5.75 Å². The van der Waals surface area contributed by atoms with Crippen LogP contribution in [0.2, 0.25) is 5.02 Å². The molecule has 3 aromatic rings. The van der Waals surface area contributed by atoms with E-state index in [2.05, 4.69) is 83.6 Å². The van der Waals surface area contributed by atoms with Crippen molar-refractivity contribution < 1.29 is 9.53 Å². The van der Waals surface area contributed by atoms with Gasteiger partial charge in [0.2, 0.25) is 0 Å². The Labute approximate surface area is 226 Å². The van der Waals surface area contributed by atoms with Crippen molar-refractivity contribution in [2.45, 2.75) is 6.61 Å². The number of nitrogens with zero attached hydrogens (tertiary/aromatic N) is 1. The van der Waals surface area contributed by atoms with Crippen molar-refractivity contribution in [2.24, 2.45) is 5.10 Å². The molecule has 1 amide bonds. The Kier molecular flexibility index (Phi) is 9.66. The number of rotatable bonds is 8. The summed E-state index contributed by atoms with van der Waals surface area (Å²) < 4.78 is 9.03. The molecular weight excluding hydrogens is 754 g/mol. The third kappa shape index (κ3) is 7.75. The molecule has 0 radical (unpaired) electrons. The summed E-state index contributed by atoms with van der Waals surface area (Å²) in [6.07, 6.45) is 1.62. The van der Waals surface area contributed by atoms with Crippen LogP contribution in [0.25, 0.3) is 0 Å². The van der Waals surface area contributed by atoms with Gasteiger partial charge in [0.25, 0.3) is 5.91 Å². The van der Waals surface area contributed by atoms with E-state index in [4.69, 9.17) is 16.3 Å². The number of hydrazone groups is 1. The number of benzene rings is 3. The van der Waals surface area contributed by atoms with Crippen LogP contribution in [0.3, 0.4) is 0 Å². The lowest BCUT2D eigenvalue weighted by atomic mass is 10.2. The molecule has 0 saturated carbocycles. The molecule has 0 aliphatic carbocycles. The molecule has 0 fully saturated rings. The van der Waals surface area contributed by atoms with Gasteiger partial charge in [0.05, 0.1) is 19.9 Å². The summed E-state index contributed by atoms with van der Waals surface area (Å²) in [6, 6.07) is 19.3. The second kappa shape index (κ2) is 12.2. The zero-order valence-corrected chi connectivity index (χ0v) is 23.3. The number of carbonyl (C=O) groups is 1. The summed E-state index contributed by atoms with van der Waals surface area (Å²) >= 11 is 12.9. The van der Waals surface area contributed by atoms with Gasteiger partial charge in [-0.25, -0.2) is 5.43 Å². The monoisotopic (exact) mass is 771 g/mol. The molecule has 5 nitrogen and oxygen atoms in total. The average Bonchev–Trinajstić information content (AvgIpc) is 2.74. The van der Waals surface area contributed by atoms with E-state index >= 15 is 0 Å². The molecule has 0 bridgehead atoms. The minimum absolute atomic E-state index is 0.141. The lowest BCUT2D eigenvalue weighted by molar-refractivity contribution is -0.119. The van der Waals surface area contributed by atoms with Crippen LogP contribution in [-0.4, -0.2) is 18.7 Å². The normalized spacial score (nSPS) is 10.8. The van der Waals surface area contributed by atoms with Crippen LogP contribution in [0.4, 0.5) is 5.69 Å². The molecule has 3 rings (SSSR count). The number of anilines is 1. The van der Waals surface area contributed by atoms with Gasteiger partial charge in [0.1, 0.15) is 12.4 Å². The smallest absolute Gasteiger partial charge is 0.259 e. The van der Waals surface area contributed by atoms with Crippen molar-refractivity contribution in [2.75, 3.05) is 11.9 Å². The van der Waals surface area contributed by atoms with E-state index in [1.807, 2.05) is 60.7 Å². The van der Waals surface area contributed by atoms with Gasteiger partial charge in [-0.1, -0.05) is 29.8 Å². The van der Waals surface area contributed by atoms with Crippen LogP contribution in [0, 0.1) is 10.7 Å². The first-order chi connectivity index (χ1) is 14.9. The Balaban J connectivity index is 1.54. The second-order valence-electron chi connectivity index (χ2n) is 6.35. The van der Waals surface area contributed by atoms with Gasteiger partial charge in [-0.05, 0) is 116 Å². The molecular formula is C22H17ClI3N3O2. The first-order valence-corrected chi connectivity index (χ1v) is 12.7. The highest BCUT2D eigenvalue weighted by atomic mass is 127. The number of hydrogen-bond donors (Lipinski definition) is 2. The quantitative estimate of drug-likeness (QED) is 0.161. The van der Waals surface area contributed by atoms with E-state index in [0.29, 0.717) is 11.6 Å². The molecule has 31 heavy (non-hydrogen) atoms. The number of amides is 1. The molecule has 0 aliphatic rings. The largest absolute Gasteiger partial charge is 0.487 e. The minimum atomic E-state index is -0.223. The van der Waals surface area contributed by atoms with Gasteiger partial charge in [0.15, 0.2) is 0 Å². The zero-order valence-electron chi connectivity index (χ0n) is 16.0. The van der Waals surface area contributed by atoms with Gasteiger partial charge in [0, 0.05) is 19.8 Å². The highest BCUT2D eigenvalue weighted by Gasteiger charge is 2.10. The first-order valence-electron chi connectivity index (χ1n) is 9.09. The Morgan fingerprint density at radius 2 is 1.71 bits per heavy atom. The third-order valence-corrected chi connectivity index (χ3v) is 6.74. The van der Waals surface area contributed by atoms with Gasteiger partial charge in [-0.3, -0.25) is 4.79 Å². The summed E-state index contributed by atoms with van der Waals surface area (Å²) in [5, 5.41) is 7.80. The average molecular weight is 772 g/mol. The van der Waals surface area contributed by atoms with Gasteiger partial charge < -0.3 is 10.1 Å². The van der Waals surface area contributed by atoms with Crippen LogP contribution in [0.5, 0.6) is 5.75 Å². The maximum atomic E-state index is 12.0. The van der Waals surface area contributed by atoms with Crippen LogP contribution >= 0.6 is 79.4 Å². The molecule has 0 heterocycles. The van der Waals surface area contributed by atoms with Crippen molar-refractivity contribution >= 4 is 97.2 Å². The standard InChI is InChI=1S/C22H17ClI3N3O2/c23-18-4-2-1-3-15(18)13-31-22-19(25)9-14(10-20(22)26)11-28-29-21(30)12-27-17-7-5-16(24)6-8-17/h1-11,27H,12-13H2,(H,29,30)/b28-11-. The second-order valence-corrected chi connectivity index (χ2v) is 10.3. The Bertz CT molecular complexity index is 1070. The predicted octanol–water partition coefficient (Wildman–Crippen LogP) is 6.30. The zero-order chi connectivity index (χ0) is 22.2. The van der Waals surface area contributed by atoms with Crippen LogP contribution in [-0.2, 0) is 11.4 Å². The topological polar surface area (TPSA) is 62.7 Å². The van der Waals surface area contributed by atoms with E-state index in [1.54, 1.807) is 6.21 Å². The first kappa shape index (κ1) is 24.5. The van der Waals surface area contributed by atoms with Crippen molar-refractivity contribution in [3.63, 3.8) is 0 Å². The number of ether oxygens (including phenoxy) is 1. The molecule has 0 unspecified atom stereocenters. The molecule has 0 aliphatic heterocycles. The van der Waals surface area contributed by atoms with Gasteiger partial charge in [-0.2, -0.15) is 5.10 Å². The van der Waals surface area contributed by atoms with Crippen LogP contribution in [0.1, 0.15) is 11.1 Å². The van der Waals surface area contributed by atoms with Crippen LogP contribution < -0.4 is 15.5 Å². The van der Waals surface area contributed by atoms with E-state index in [9.17, 15) is 4.79 Å². The third-order valence-electron chi connectivity index (χ3n) is 4.05. The minimum Gasteiger partial charge on any atom is -0.487 e. The van der Waals surface area contributed by atoms with Crippen LogP contribution in [0.15, 0.2) is 65.8 Å². The van der Waals surface area contributed by atoms with E-state index in [0.717, 1.165) is 33.3 Å². The van der Waals surface area contributed by atoms with E-state index in [-0.39, 0.29) is 12.5 Å². The van der Waals surface area contributed by atoms with Gasteiger partial charge >= 0.3 is 0 Å².